The van der Waals surface area contributed by atoms with Crippen LogP contribution < -0.4 is 4.74 Å². The number of hydrogen-bond donors (Lipinski definition) is 0. The first-order valence-electron chi connectivity index (χ1n) is 24.1. The minimum atomic E-state index is 0.687. The predicted octanol–water partition coefficient (Wildman–Crippen LogP) is 18.4. The lowest BCUT2D eigenvalue weighted by atomic mass is 9.83. The van der Waals surface area contributed by atoms with Gasteiger partial charge in [0.15, 0.2) is 5.82 Å². The van der Waals surface area contributed by atoms with E-state index in [1.807, 2.05) is 24.3 Å². The number of para-hydroxylation sites is 1. The molecule has 12 aromatic rings. The molecule has 0 aliphatic carbocycles. The van der Waals surface area contributed by atoms with Crippen LogP contribution in [0.3, 0.4) is 0 Å². The fourth-order valence-electron chi connectivity index (χ4n) is 10.2. The molecule has 1 aliphatic rings. The Hall–Kier alpha value is -9.44. The van der Waals surface area contributed by atoms with E-state index in [1.165, 1.54) is 16.5 Å². The lowest BCUT2D eigenvalue weighted by Crippen LogP contribution is -2.00. The molecule has 0 saturated carbocycles. The molecule has 71 heavy (non-hydrogen) atoms. The first-order chi connectivity index (χ1) is 35.2. The third-order valence-electron chi connectivity index (χ3n) is 13.7. The highest BCUT2D eigenvalue weighted by Gasteiger charge is 2.26. The molecule has 0 bridgehead atoms. The van der Waals surface area contributed by atoms with E-state index in [2.05, 4.69) is 243 Å². The van der Waals surface area contributed by atoms with Crippen molar-refractivity contribution >= 4 is 10.8 Å². The molecule has 0 amide bonds. The fraction of sp³-hybridized carbons (Fsp3) is 0. The molecule has 1 aliphatic heterocycles. The summed E-state index contributed by atoms with van der Waals surface area (Å²) in [6, 6.07) is 94.9. The molecule has 0 spiro atoms. The van der Waals surface area contributed by atoms with Crippen LogP contribution in [0.5, 0.6) is 11.5 Å². The van der Waals surface area contributed by atoms with Crippen LogP contribution in [-0.4, -0.2) is 9.97 Å². The van der Waals surface area contributed by atoms with Crippen LogP contribution in [0.2, 0.25) is 0 Å². The average Bonchev–Trinajstić information content (AvgIpc) is 3.46. The maximum atomic E-state index is 7.02. The van der Waals surface area contributed by atoms with Gasteiger partial charge < -0.3 is 4.74 Å². The Morgan fingerprint density at radius 2 is 0.704 bits per heavy atom. The summed E-state index contributed by atoms with van der Waals surface area (Å²) in [5.74, 6) is 2.43. The van der Waals surface area contributed by atoms with Gasteiger partial charge in [-0.25, -0.2) is 9.97 Å². The third-order valence-corrected chi connectivity index (χ3v) is 13.7. The van der Waals surface area contributed by atoms with E-state index < -0.39 is 0 Å². The van der Waals surface area contributed by atoms with Crippen molar-refractivity contribution in [2.45, 2.75) is 0 Å². The van der Waals surface area contributed by atoms with Crippen molar-refractivity contribution in [1.82, 2.24) is 9.97 Å². The van der Waals surface area contributed by atoms with Gasteiger partial charge in [-0.1, -0.05) is 231 Å². The molecule has 0 saturated heterocycles. The Balaban J connectivity index is 0.956. The average molecular weight is 905 g/mol. The SMILES string of the molecule is c1ccc(-c2ccc(-c3cc(-c4cccc(-c5cccc(-c6cc(-c7ccccc7)cc(-c7cccc8c7Oc7cccc9cccc-8c79)c6-c6ccccc6)c5)c4)nc(-c4ccccc4)n3)cc2)cc1. The largest absolute Gasteiger partial charge is 0.455 e. The first-order valence-corrected chi connectivity index (χ1v) is 24.1. The summed E-state index contributed by atoms with van der Waals surface area (Å²) in [6.45, 7) is 0. The number of hydrogen-bond acceptors (Lipinski definition) is 3. The lowest BCUT2D eigenvalue weighted by Gasteiger charge is -2.25. The maximum absolute atomic E-state index is 7.02. The number of fused-ring (bicyclic) bond motifs is 2. The van der Waals surface area contributed by atoms with Crippen LogP contribution in [0.25, 0.3) is 123 Å². The van der Waals surface area contributed by atoms with Crippen molar-refractivity contribution in [2.24, 2.45) is 0 Å². The molecule has 3 nitrogen and oxygen atoms in total. The van der Waals surface area contributed by atoms with Gasteiger partial charge in [0.05, 0.1) is 11.4 Å². The van der Waals surface area contributed by atoms with Gasteiger partial charge in [0.1, 0.15) is 11.5 Å². The highest BCUT2D eigenvalue weighted by Crippen LogP contribution is 2.53. The zero-order chi connectivity index (χ0) is 47.1. The van der Waals surface area contributed by atoms with Gasteiger partial charge in [-0.3, -0.25) is 0 Å². The topological polar surface area (TPSA) is 35.0 Å². The van der Waals surface area contributed by atoms with Crippen molar-refractivity contribution in [1.29, 1.82) is 0 Å². The zero-order valence-electron chi connectivity index (χ0n) is 38.7. The quantitative estimate of drug-likeness (QED) is 0.145. The molecular formula is C68H44N2O. The Morgan fingerprint density at radius 3 is 1.38 bits per heavy atom. The van der Waals surface area contributed by atoms with E-state index in [1.54, 1.807) is 0 Å². The summed E-state index contributed by atoms with van der Waals surface area (Å²) in [6.07, 6.45) is 0. The standard InChI is InChI=1S/C68H44N2O/c1-5-18-45(19-6-1)47-36-38-48(39-37-47)62-44-63(70-68(69-62)51-24-11-4-12-25-51)55-31-14-29-53(41-55)52-28-13-30-54(40-52)60-42-56(46-20-7-2-8-21-46)43-61(65(60)49-22-9-3-10-23-49)59-34-17-33-58-57-32-15-26-50-27-16-35-64(66(50)57)71-67(58)59/h1-44H. The number of aromatic nitrogens is 2. The Bertz CT molecular complexity index is 3920. The van der Waals surface area contributed by atoms with Gasteiger partial charge in [0, 0.05) is 33.2 Å². The van der Waals surface area contributed by atoms with E-state index in [0.29, 0.717) is 5.82 Å². The second-order valence-corrected chi connectivity index (χ2v) is 18.1. The predicted molar refractivity (Wildman–Crippen MR) is 294 cm³/mol. The number of benzene rings is 11. The Kier molecular flexibility index (Phi) is 10.5. The van der Waals surface area contributed by atoms with E-state index >= 15 is 0 Å². The van der Waals surface area contributed by atoms with Crippen LogP contribution >= 0.6 is 0 Å². The number of nitrogens with zero attached hydrogens (tertiary/aromatic N) is 2. The van der Waals surface area contributed by atoms with Crippen LogP contribution in [0.4, 0.5) is 0 Å². The van der Waals surface area contributed by atoms with Crippen LogP contribution in [0.1, 0.15) is 0 Å². The number of ether oxygens (including phenoxy) is 1. The molecule has 11 aromatic carbocycles. The minimum Gasteiger partial charge on any atom is -0.455 e. The summed E-state index contributed by atoms with van der Waals surface area (Å²) in [7, 11) is 0. The maximum Gasteiger partial charge on any atom is 0.160 e. The highest BCUT2D eigenvalue weighted by molar-refractivity contribution is 6.07. The molecular weight excluding hydrogens is 861 g/mol. The molecule has 0 fully saturated rings. The molecule has 0 unspecified atom stereocenters. The smallest absolute Gasteiger partial charge is 0.160 e. The van der Waals surface area contributed by atoms with Crippen LogP contribution in [0, 0.1) is 0 Å². The van der Waals surface area contributed by atoms with Gasteiger partial charge in [-0.05, 0) is 109 Å². The Morgan fingerprint density at radius 1 is 0.254 bits per heavy atom. The van der Waals surface area contributed by atoms with Gasteiger partial charge >= 0.3 is 0 Å². The summed E-state index contributed by atoms with van der Waals surface area (Å²) in [5, 5.41) is 2.32. The molecule has 2 heterocycles. The van der Waals surface area contributed by atoms with Crippen molar-refractivity contribution in [3.05, 3.63) is 267 Å². The minimum absolute atomic E-state index is 0.687. The third kappa shape index (κ3) is 7.86. The lowest BCUT2D eigenvalue weighted by molar-refractivity contribution is 0.489. The molecule has 1 aromatic heterocycles. The molecule has 0 radical (unpaired) electrons. The normalized spacial score (nSPS) is 11.5. The summed E-state index contributed by atoms with van der Waals surface area (Å²) in [5.41, 5.74) is 20.5. The molecule has 0 N–H and O–H groups in total. The number of rotatable bonds is 9. The first kappa shape index (κ1) is 41.7. The monoisotopic (exact) mass is 904 g/mol. The molecule has 3 heteroatoms. The van der Waals surface area contributed by atoms with Gasteiger partial charge in [0.25, 0.3) is 0 Å². The molecule has 0 atom stereocenters. The second-order valence-electron chi connectivity index (χ2n) is 18.1. The van der Waals surface area contributed by atoms with Gasteiger partial charge in [-0.15, -0.1) is 0 Å². The zero-order valence-corrected chi connectivity index (χ0v) is 38.7. The van der Waals surface area contributed by atoms with Gasteiger partial charge in [0.2, 0.25) is 0 Å². The van der Waals surface area contributed by atoms with Crippen molar-refractivity contribution < 1.29 is 4.74 Å². The van der Waals surface area contributed by atoms with Crippen LogP contribution in [-0.2, 0) is 0 Å². The van der Waals surface area contributed by atoms with E-state index in [9.17, 15) is 0 Å². The van der Waals surface area contributed by atoms with Crippen LogP contribution in [0.15, 0.2) is 267 Å². The summed E-state index contributed by atoms with van der Waals surface area (Å²) < 4.78 is 7.02. The second kappa shape index (κ2) is 17.9. The van der Waals surface area contributed by atoms with Crippen molar-refractivity contribution in [2.75, 3.05) is 0 Å². The molecule has 13 rings (SSSR count). The summed E-state index contributed by atoms with van der Waals surface area (Å²) >= 11 is 0. The fourth-order valence-corrected chi connectivity index (χ4v) is 10.2. The molecule has 332 valence electrons. The van der Waals surface area contributed by atoms with Crippen molar-refractivity contribution in [3.63, 3.8) is 0 Å². The van der Waals surface area contributed by atoms with Crippen molar-refractivity contribution in [3.8, 4) is 123 Å². The Labute approximate surface area is 413 Å². The van der Waals surface area contributed by atoms with Gasteiger partial charge in [-0.2, -0.15) is 0 Å². The van der Waals surface area contributed by atoms with E-state index in [0.717, 1.165) is 112 Å². The summed E-state index contributed by atoms with van der Waals surface area (Å²) in [4.78, 5) is 10.4. The van der Waals surface area contributed by atoms with E-state index in [-0.39, 0.29) is 0 Å². The van der Waals surface area contributed by atoms with E-state index in [4.69, 9.17) is 14.7 Å². The highest BCUT2D eigenvalue weighted by atomic mass is 16.5.